The number of hydrogen-bond acceptors (Lipinski definition) is 7. The molecule has 41 heavy (non-hydrogen) atoms. The smallest absolute Gasteiger partial charge is 0.265 e. The average Bonchev–Trinajstić information content (AvgIpc) is 2.98. The van der Waals surface area contributed by atoms with Gasteiger partial charge in [0.15, 0.2) is 0 Å². The zero-order valence-corrected chi connectivity index (χ0v) is 24.2. The fourth-order valence-electron chi connectivity index (χ4n) is 4.28. The summed E-state index contributed by atoms with van der Waals surface area (Å²) in [4.78, 5) is 2.99. The molecule has 0 amide bonds. The molecule has 0 saturated carbocycles. The van der Waals surface area contributed by atoms with Gasteiger partial charge in [-0.15, -0.1) is 0 Å². The second-order valence-electron chi connectivity index (χ2n) is 9.21. The van der Waals surface area contributed by atoms with Crippen molar-refractivity contribution < 1.29 is 23.7 Å². The van der Waals surface area contributed by atoms with Crippen molar-refractivity contribution >= 4 is 40.7 Å². The fourth-order valence-corrected chi connectivity index (χ4v) is 4.42. The quantitative estimate of drug-likeness (QED) is 0.0577. The van der Waals surface area contributed by atoms with Crippen molar-refractivity contribution in [2.45, 2.75) is 54.3 Å². The van der Waals surface area contributed by atoms with Gasteiger partial charge in [0, 0.05) is 4.91 Å². The highest BCUT2D eigenvalue weighted by atomic mass is 35.6. The van der Waals surface area contributed by atoms with Crippen LogP contribution >= 0.6 is 34.8 Å². The maximum absolute atomic E-state index is 9.46. The van der Waals surface area contributed by atoms with Crippen molar-refractivity contribution in [2.75, 3.05) is 6.61 Å². The Hall–Kier alpha value is -2.85. The SMILES string of the molecule is [N-]=[N+]=N[C@H]1[C@@H](OC(=N)C(Cl)(Cl)Cl)O[C@H](COCc2ccccc2)[C@H](OCc2ccccc2)[C@@H]1OCc1ccccc1. The summed E-state index contributed by atoms with van der Waals surface area (Å²) in [6, 6.07) is 27.7. The number of alkyl halides is 3. The lowest BCUT2D eigenvalue weighted by Gasteiger charge is -2.44. The molecule has 9 nitrogen and oxygen atoms in total. The lowest BCUT2D eigenvalue weighted by Crippen LogP contribution is -2.61. The summed E-state index contributed by atoms with van der Waals surface area (Å²) < 4.78 is 28.4. The molecule has 1 heterocycles. The van der Waals surface area contributed by atoms with Gasteiger partial charge in [0.05, 0.1) is 26.4 Å². The average molecular weight is 620 g/mol. The largest absolute Gasteiger partial charge is 0.448 e. The maximum Gasteiger partial charge on any atom is 0.265 e. The number of nitrogens with zero attached hydrogens (tertiary/aromatic N) is 3. The van der Waals surface area contributed by atoms with Gasteiger partial charge in [-0.2, -0.15) is 0 Å². The Morgan fingerprint density at radius 2 is 1.29 bits per heavy atom. The van der Waals surface area contributed by atoms with Gasteiger partial charge in [-0.3, -0.25) is 5.41 Å². The fraction of sp³-hybridized carbons (Fsp3) is 0.345. The van der Waals surface area contributed by atoms with Crippen LogP contribution in [0.15, 0.2) is 96.1 Å². The molecule has 0 bridgehead atoms. The van der Waals surface area contributed by atoms with Crippen molar-refractivity contribution in [3.8, 4) is 0 Å². The van der Waals surface area contributed by atoms with Crippen LogP contribution in [0.5, 0.6) is 0 Å². The van der Waals surface area contributed by atoms with Crippen LogP contribution in [0.4, 0.5) is 0 Å². The highest BCUT2D eigenvalue weighted by Gasteiger charge is 2.50. The van der Waals surface area contributed by atoms with Gasteiger partial charge >= 0.3 is 0 Å². The molecule has 0 radical (unpaired) electrons. The molecule has 3 aromatic rings. The van der Waals surface area contributed by atoms with E-state index in [9.17, 15) is 5.53 Å². The minimum absolute atomic E-state index is 0.0729. The maximum atomic E-state index is 9.46. The van der Waals surface area contributed by atoms with Gasteiger partial charge in [0.25, 0.3) is 3.79 Å². The van der Waals surface area contributed by atoms with Crippen molar-refractivity contribution in [1.82, 2.24) is 0 Å². The molecule has 12 heteroatoms. The standard InChI is InChI=1S/C29H29Cl3N4O5/c30-29(31,32)28(33)41-27-24(35-36-34)26(39-18-22-14-8-3-9-15-22)25(38-17-21-12-6-2-7-13-21)23(40-27)19-37-16-20-10-4-1-5-11-20/h1-15,23-27,33H,16-19H2/t23-,24-,25+,26-,27-/m1/s1. The van der Waals surface area contributed by atoms with Crippen molar-refractivity contribution in [2.24, 2.45) is 5.11 Å². The van der Waals surface area contributed by atoms with Crippen LogP contribution in [0, 0.1) is 5.41 Å². The van der Waals surface area contributed by atoms with Gasteiger partial charge in [0.2, 0.25) is 12.2 Å². The van der Waals surface area contributed by atoms with Crippen molar-refractivity contribution in [3.05, 3.63) is 118 Å². The van der Waals surface area contributed by atoms with E-state index in [1.54, 1.807) is 0 Å². The van der Waals surface area contributed by atoms with E-state index in [1.807, 2.05) is 91.0 Å². The monoisotopic (exact) mass is 618 g/mol. The summed E-state index contributed by atoms with van der Waals surface area (Å²) in [5.41, 5.74) is 12.2. The van der Waals surface area contributed by atoms with E-state index in [-0.39, 0.29) is 19.8 Å². The predicted octanol–water partition coefficient (Wildman–Crippen LogP) is 7.14. The molecule has 0 aliphatic carbocycles. The van der Waals surface area contributed by atoms with Crippen LogP contribution in [0.25, 0.3) is 10.4 Å². The Morgan fingerprint density at radius 1 is 0.805 bits per heavy atom. The molecule has 0 spiro atoms. The summed E-state index contributed by atoms with van der Waals surface area (Å²) in [5.74, 6) is -0.694. The lowest BCUT2D eigenvalue weighted by atomic mass is 9.96. The second-order valence-corrected chi connectivity index (χ2v) is 11.5. The topological polar surface area (TPSA) is 119 Å². The first-order valence-electron chi connectivity index (χ1n) is 12.8. The molecule has 1 fully saturated rings. The van der Waals surface area contributed by atoms with E-state index >= 15 is 0 Å². The third-order valence-electron chi connectivity index (χ3n) is 6.26. The van der Waals surface area contributed by atoms with Crippen molar-refractivity contribution in [1.29, 1.82) is 5.41 Å². The first-order chi connectivity index (χ1) is 19.8. The number of hydrogen-bond donors (Lipinski definition) is 1. The normalized spacial score (nSPS) is 22.5. The molecule has 1 aliphatic rings. The van der Waals surface area contributed by atoms with Gasteiger partial charge in [-0.1, -0.05) is 131 Å². The van der Waals surface area contributed by atoms with Gasteiger partial charge in [0.1, 0.15) is 24.4 Å². The van der Waals surface area contributed by atoms with Crippen LogP contribution in [-0.4, -0.2) is 46.9 Å². The molecule has 0 aromatic heterocycles. The van der Waals surface area contributed by atoms with Crippen LogP contribution in [0.3, 0.4) is 0 Å². The van der Waals surface area contributed by atoms with E-state index in [1.165, 1.54) is 0 Å². The van der Waals surface area contributed by atoms with Crippen molar-refractivity contribution in [3.63, 3.8) is 0 Å². The Labute approximate surface area is 253 Å². The van der Waals surface area contributed by atoms with Crippen LogP contribution in [-0.2, 0) is 43.5 Å². The number of azide groups is 1. The molecule has 1 N–H and O–H groups in total. The minimum Gasteiger partial charge on any atom is -0.448 e. The van der Waals surface area contributed by atoms with E-state index in [0.29, 0.717) is 6.61 Å². The Morgan fingerprint density at radius 3 is 1.78 bits per heavy atom. The zero-order valence-electron chi connectivity index (χ0n) is 21.9. The molecule has 0 unspecified atom stereocenters. The molecular formula is C29H29Cl3N4O5. The summed E-state index contributed by atoms with van der Waals surface area (Å²) in [5, 5.41) is 12.0. The van der Waals surface area contributed by atoms with Gasteiger partial charge < -0.3 is 23.7 Å². The zero-order chi connectivity index (χ0) is 29.1. The Balaban J connectivity index is 1.63. The highest BCUT2D eigenvalue weighted by Crippen LogP contribution is 2.34. The van der Waals surface area contributed by atoms with Crippen LogP contribution in [0.1, 0.15) is 16.7 Å². The lowest BCUT2D eigenvalue weighted by molar-refractivity contribution is -0.269. The van der Waals surface area contributed by atoms with E-state index in [4.69, 9.17) is 63.9 Å². The molecule has 5 atom stereocenters. The first kappa shape index (κ1) is 31.1. The van der Waals surface area contributed by atoms with Crippen LogP contribution < -0.4 is 0 Å². The third-order valence-corrected chi connectivity index (χ3v) is 6.77. The molecular weight excluding hydrogens is 591 g/mol. The van der Waals surface area contributed by atoms with E-state index in [2.05, 4.69) is 10.0 Å². The first-order valence-corrected chi connectivity index (χ1v) is 13.9. The Kier molecular flexibility index (Phi) is 11.7. The number of nitrogens with one attached hydrogen (secondary N) is 1. The number of ether oxygens (including phenoxy) is 5. The third kappa shape index (κ3) is 9.33. The molecule has 3 aromatic carbocycles. The summed E-state index contributed by atoms with van der Waals surface area (Å²) in [6.45, 7) is 0.800. The van der Waals surface area contributed by atoms with E-state index < -0.39 is 40.3 Å². The molecule has 216 valence electrons. The van der Waals surface area contributed by atoms with Gasteiger partial charge in [-0.25, -0.2) is 0 Å². The second kappa shape index (κ2) is 15.4. The highest BCUT2D eigenvalue weighted by molar-refractivity contribution is 6.76. The predicted molar refractivity (Wildman–Crippen MR) is 157 cm³/mol. The minimum atomic E-state index is -2.16. The number of benzene rings is 3. The summed E-state index contributed by atoms with van der Waals surface area (Å²) in [6.07, 6.45) is -3.72. The molecule has 4 rings (SSSR count). The summed E-state index contributed by atoms with van der Waals surface area (Å²) in [7, 11) is 0. The number of rotatable bonds is 12. The Bertz CT molecular complexity index is 1280. The van der Waals surface area contributed by atoms with Gasteiger partial charge in [-0.05, 0) is 22.2 Å². The summed E-state index contributed by atoms with van der Waals surface area (Å²) >= 11 is 17.6. The number of halogens is 3. The molecule has 1 aliphatic heterocycles. The molecule has 1 saturated heterocycles. The van der Waals surface area contributed by atoms with E-state index in [0.717, 1.165) is 16.7 Å². The van der Waals surface area contributed by atoms with Crippen LogP contribution in [0.2, 0.25) is 0 Å².